The molecule has 0 bridgehead atoms. The van der Waals surface area contributed by atoms with Gasteiger partial charge in [-0.05, 0) is 37.1 Å². The zero-order chi connectivity index (χ0) is 18.9. The minimum absolute atomic E-state index is 0.270. The van der Waals surface area contributed by atoms with E-state index in [1.807, 2.05) is 48.7 Å². The zero-order valence-corrected chi connectivity index (χ0v) is 16.5. The minimum atomic E-state index is 0.270. The van der Waals surface area contributed by atoms with Crippen molar-refractivity contribution in [3.05, 3.63) is 59.4 Å². The van der Waals surface area contributed by atoms with Gasteiger partial charge >= 0.3 is 0 Å². The molecule has 6 heteroatoms. The third-order valence-corrected chi connectivity index (χ3v) is 4.80. The summed E-state index contributed by atoms with van der Waals surface area (Å²) in [5.74, 6) is 1.94. The molecule has 1 fully saturated rings. The summed E-state index contributed by atoms with van der Waals surface area (Å²) in [4.78, 5) is 11.2. The summed E-state index contributed by atoms with van der Waals surface area (Å²) < 4.78 is 6.09. The van der Waals surface area contributed by atoms with Crippen LogP contribution in [-0.4, -0.2) is 48.1 Å². The molecule has 5 nitrogen and oxygen atoms in total. The molecule has 0 atom stereocenters. The van der Waals surface area contributed by atoms with Crippen LogP contribution in [0.3, 0.4) is 0 Å². The number of piperidine rings is 1. The van der Waals surface area contributed by atoms with Crippen LogP contribution in [0.1, 0.15) is 25.3 Å². The third kappa shape index (κ3) is 6.14. The first-order valence-corrected chi connectivity index (χ1v) is 9.98. The summed E-state index contributed by atoms with van der Waals surface area (Å²) in [5.41, 5.74) is 1.15. The summed E-state index contributed by atoms with van der Waals surface area (Å²) in [6.07, 6.45) is 4.94. The highest BCUT2D eigenvalue weighted by Crippen LogP contribution is 2.18. The quantitative estimate of drug-likeness (QED) is 0.466. The van der Waals surface area contributed by atoms with Crippen LogP contribution in [0.15, 0.2) is 53.7 Å². The molecule has 3 rings (SSSR count). The molecule has 0 aliphatic carbocycles. The van der Waals surface area contributed by atoms with Crippen molar-refractivity contribution in [2.24, 2.45) is 4.99 Å². The van der Waals surface area contributed by atoms with E-state index < -0.39 is 0 Å². The lowest BCUT2D eigenvalue weighted by Crippen LogP contribution is -2.47. The lowest BCUT2D eigenvalue weighted by molar-refractivity contribution is 0.129. The van der Waals surface area contributed by atoms with Gasteiger partial charge in [-0.15, -0.1) is 0 Å². The van der Waals surface area contributed by atoms with Gasteiger partial charge in [-0.25, -0.2) is 4.98 Å². The molecule has 1 aliphatic rings. The maximum absolute atomic E-state index is 6.09. The molecule has 0 radical (unpaired) electrons. The molecular formula is C21H27ClN4O. The van der Waals surface area contributed by atoms with Crippen LogP contribution in [-0.2, 0) is 6.42 Å². The lowest BCUT2D eigenvalue weighted by Gasteiger charge is -2.34. The molecule has 2 aromatic rings. The van der Waals surface area contributed by atoms with Gasteiger partial charge in [0.15, 0.2) is 5.96 Å². The highest BCUT2D eigenvalue weighted by Gasteiger charge is 2.22. The normalized spacial score (nSPS) is 15.6. The van der Waals surface area contributed by atoms with Crippen LogP contribution in [0.5, 0.6) is 5.75 Å². The van der Waals surface area contributed by atoms with E-state index in [1.165, 1.54) is 0 Å². The fourth-order valence-electron chi connectivity index (χ4n) is 3.15. The SMILES string of the molecule is CCNC(=NCCc1ccc(Cl)nc1)N1CCC(Oc2ccccc2)CC1. The van der Waals surface area contributed by atoms with Crippen LogP contribution >= 0.6 is 11.6 Å². The Morgan fingerprint density at radius 2 is 2.00 bits per heavy atom. The summed E-state index contributed by atoms with van der Waals surface area (Å²) >= 11 is 5.84. The van der Waals surface area contributed by atoms with Crippen molar-refractivity contribution in [3.8, 4) is 5.75 Å². The maximum atomic E-state index is 6.09. The van der Waals surface area contributed by atoms with E-state index in [4.69, 9.17) is 21.3 Å². The standard InChI is InChI=1S/C21H27ClN4O/c1-2-23-21(24-13-10-17-8-9-20(22)25-16-17)26-14-11-19(12-15-26)27-18-6-4-3-5-7-18/h3-9,16,19H,2,10-15H2,1H3,(H,23,24). The molecule has 1 N–H and O–H groups in total. The van der Waals surface area contributed by atoms with Crippen molar-refractivity contribution in [3.63, 3.8) is 0 Å². The Kier molecular flexibility index (Phi) is 7.34. The molecule has 0 spiro atoms. The predicted octanol–water partition coefficient (Wildman–Crippen LogP) is 3.79. The first kappa shape index (κ1) is 19.5. The van der Waals surface area contributed by atoms with Crippen LogP contribution in [0.2, 0.25) is 5.15 Å². The van der Waals surface area contributed by atoms with Crippen molar-refractivity contribution >= 4 is 17.6 Å². The van der Waals surface area contributed by atoms with Gasteiger partial charge in [0, 0.05) is 45.2 Å². The van der Waals surface area contributed by atoms with Crippen LogP contribution in [0.4, 0.5) is 0 Å². The molecule has 0 saturated carbocycles. The van der Waals surface area contributed by atoms with E-state index in [0.717, 1.165) is 62.7 Å². The molecule has 27 heavy (non-hydrogen) atoms. The summed E-state index contributed by atoms with van der Waals surface area (Å²) in [5, 5.41) is 3.93. The van der Waals surface area contributed by atoms with Gasteiger partial charge in [0.2, 0.25) is 0 Å². The number of hydrogen-bond acceptors (Lipinski definition) is 3. The van der Waals surface area contributed by atoms with Gasteiger partial charge in [0.1, 0.15) is 17.0 Å². The van der Waals surface area contributed by atoms with Crippen molar-refractivity contribution in [2.45, 2.75) is 32.3 Å². The van der Waals surface area contributed by atoms with Crippen molar-refractivity contribution in [2.75, 3.05) is 26.2 Å². The van der Waals surface area contributed by atoms with Gasteiger partial charge in [-0.3, -0.25) is 4.99 Å². The van der Waals surface area contributed by atoms with Gasteiger partial charge in [0.05, 0.1) is 0 Å². The average molecular weight is 387 g/mol. The number of para-hydroxylation sites is 1. The number of hydrogen-bond donors (Lipinski definition) is 1. The highest BCUT2D eigenvalue weighted by atomic mass is 35.5. The second kappa shape index (κ2) is 10.2. The minimum Gasteiger partial charge on any atom is -0.490 e. The van der Waals surface area contributed by atoms with Crippen molar-refractivity contribution < 1.29 is 4.74 Å². The predicted molar refractivity (Wildman–Crippen MR) is 111 cm³/mol. The first-order chi connectivity index (χ1) is 13.2. The van der Waals surface area contributed by atoms with Gasteiger partial charge in [0.25, 0.3) is 0 Å². The summed E-state index contributed by atoms with van der Waals surface area (Å²) in [6.45, 7) is 5.59. The number of halogens is 1. The second-order valence-electron chi connectivity index (χ2n) is 6.59. The average Bonchev–Trinajstić information content (AvgIpc) is 2.70. The first-order valence-electron chi connectivity index (χ1n) is 9.60. The van der Waals surface area contributed by atoms with E-state index in [9.17, 15) is 0 Å². The van der Waals surface area contributed by atoms with E-state index in [-0.39, 0.29) is 6.10 Å². The van der Waals surface area contributed by atoms with Crippen LogP contribution in [0.25, 0.3) is 0 Å². The fraction of sp³-hybridized carbons (Fsp3) is 0.429. The molecule has 1 aromatic carbocycles. The molecular weight excluding hydrogens is 360 g/mol. The van der Waals surface area contributed by atoms with E-state index >= 15 is 0 Å². The van der Waals surface area contributed by atoms with E-state index in [0.29, 0.717) is 5.15 Å². The van der Waals surface area contributed by atoms with E-state index in [2.05, 4.69) is 22.1 Å². The lowest BCUT2D eigenvalue weighted by atomic mass is 10.1. The number of benzene rings is 1. The molecule has 144 valence electrons. The number of nitrogens with zero attached hydrogens (tertiary/aromatic N) is 3. The Morgan fingerprint density at radius 1 is 1.22 bits per heavy atom. The summed E-state index contributed by atoms with van der Waals surface area (Å²) in [6, 6.07) is 13.9. The summed E-state index contributed by atoms with van der Waals surface area (Å²) in [7, 11) is 0. The number of pyridine rings is 1. The molecule has 0 unspecified atom stereocenters. The fourth-order valence-corrected chi connectivity index (χ4v) is 3.26. The molecule has 1 aromatic heterocycles. The molecule has 1 aliphatic heterocycles. The van der Waals surface area contributed by atoms with Gasteiger partial charge in [-0.1, -0.05) is 35.9 Å². The van der Waals surface area contributed by atoms with E-state index in [1.54, 1.807) is 0 Å². The molecule has 1 saturated heterocycles. The number of guanidine groups is 1. The van der Waals surface area contributed by atoms with Crippen molar-refractivity contribution in [1.29, 1.82) is 0 Å². The Morgan fingerprint density at radius 3 is 2.67 bits per heavy atom. The highest BCUT2D eigenvalue weighted by molar-refractivity contribution is 6.29. The Bertz CT molecular complexity index is 713. The monoisotopic (exact) mass is 386 g/mol. The molecule has 2 heterocycles. The Balaban J connectivity index is 1.50. The Hall–Kier alpha value is -2.27. The smallest absolute Gasteiger partial charge is 0.193 e. The number of likely N-dealkylation sites (tertiary alicyclic amines) is 1. The van der Waals surface area contributed by atoms with Crippen LogP contribution in [0, 0.1) is 0 Å². The maximum Gasteiger partial charge on any atom is 0.193 e. The number of rotatable bonds is 6. The Labute approximate surface area is 166 Å². The van der Waals surface area contributed by atoms with Gasteiger partial charge in [-0.2, -0.15) is 0 Å². The molecule has 0 amide bonds. The number of nitrogens with one attached hydrogen (secondary N) is 1. The third-order valence-electron chi connectivity index (χ3n) is 4.57. The van der Waals surface area contributed by atoms with Crippen molar-refractivity contribution in [1.82, 2.24) is 15.2 Å². The topological polar surface area (TPSA) is 49.8 Å². The second-order valence-corrected chi connectivity index (χ2v) is 6.98. The van der Waals surface area contributed by atoms with Gasteiger partial charge < -0.3 is 15.0 Å². The number of aromatic nitrogens is 1. The number of aliphatic imine (C=N–C) groups is 1. The zero-order valence-electron chi connectivity index (χ0n) is 15.8. The number of ether oxygens (including phenoxy) is 1. The largest absolute Gasteiger partial charge is 0.490 e. The van der Waals surface area contributed by atoms with Crippen LogP contribution < -0.4 is 10.1 Å².